The molecule has 1 unspecified atom stereocenters. The van der Waals surface area contributed by atoms with Crippen molar-refractivity contribution in [2.24, 2.45) is 0 Å². The van der Waals surface area contributed by atoms with Crippen molar-refractivity contribution in [3.63, 3.8) is 0 Å². The highest BCUT2D eigenvalue weighted by atomic mass is 16.6. The third kappa shape index (κ3) is 3.68. The van der Waals surface area contributed by atoms with Crippen LogP contribution < -0.4 is 0 Å². The molecule has 2 heterocycles. The summed E-state index contributed by atoms with van der Waals surface area (Å²) in [5, 5.41) is 19.4. The topological polar surface area (TPSA) is 79.8 Å². The zero-order valence-electron chi connectivity index (χ0n) is 11.6. The van der Waals surface area contributed by atoms with E-state index in [9.17, 15) is 10.1 Å². The first-order valence-corrected chi connectivity index (χ1v) is 6.87. The van der Waals surface area contributed by atoms with Crippen molar-refractivity contribution in [2.75, 3.05) is 13.2 Å². The zero-order valence-corrected chi connectivity index (χ0v) is 11.6. The molecule has 0 radical (unpaired) electrons. The van der Waals surface area contributed by atoms with Gasteiger partial charge in [0, 0.05) is 19.2 Å². The molecule has 0 amide bonds. The van der Waals surface area contributed by atoms with Gasteiger partial charge >= 0.3 is 5.88 Å². The molecule has 0 saturated carbocycles. The maximum Gasteiger partial charge on any atom is 0.433 e. The number of rotatable bonds is 6. The molecule has 0 bridgehead atoms. The van der Waals surface area contributed by atoms with Crippen LogP contribution >= 0.6 is 0 Å². The molecule has 1 aromatic heterocycles. The smallest absolute Gasteiger partial charge is 0.404 e. The van der Waals surface area contributed by atoms with Gasteiger partial charge < -0.3 is 9.52 Å². The van der Waals surface area contributed by atoms with Crippen LogP contribution in [0, 0.1) is 10.1 Å². The fourth-order valence-electron chi connectivity index (χ4n) is 2.51. The number of nitrogens with zero attached hydrogens (tertiary/aromatic N) is 2. The summed E-state index contributed by atoms with van der Waals surface area (Å²) >= 11 is 0. The van der Waals surface area contributed by atoms with E-state index < -0.39 is 4.92 Å². The lowest BCUT2D eigenvalue weighted by atomic mass is 9.99. The second-order valence-corrected chi connectivity index (χ2v) is 5.11. The van der Waals surface area contributed by atoms with E-state index in [2.05, 4.69) is 17.9 Å². The molecule has 6 nitrogen and oxygen atoms in total. The fraction of sp³-hybridized carbons (Fsp3) is 0.571. The van der Waals surface area contributed by atoms with E-state index in [0.717, 1.165) is 25.8 Å². The average Bonchev–Trinajstić information content (AvgIpc) is 2.88. The molecular formula is C14H20N2O4. The largest absolute Gasteiger partial charge is 0.433 e. The van der Waals surface area contributed by atoms with E-state index in [1.54, 1.807) is 6.07 Å². The van der Waals surface area contributed by atoms with Gasteiger partial charge in [0.05, 0.1) is 12.6 Å². The van der Waals surface area contributed by atoms with Crippen LogP contribution in [0.25, 0.3) is 0 Å². The molecule has 1 atom stereocenters. The molecule has 0 spiro atoms. The van der Waals surface area contributed by atoms with Crippen LogP contribution in [0.4, 0.5) is 5.88 Å². The maximum absolute atomic E-state index is 10.6. The molecule has 110 valence electrons. The predicted octanol–water partition coefficient (Wildman–Crippen LogP) is 2.48. The molecule has 0 saturated heterocycles. The normalized spacial score (nSPS) is 19.9. The van der Waals surface area contributed by atoms with Crippen LogP contribution in [0.3, 0.4) is 0 Å². The van der Waals surface area contributed by atoms with Gasteiger partial charge in [0.1, 0.15) is 10.7 Å². The van der Waals surface area contributed by atoms with Crippen LogP contribution in [0.2, 0.25) is 0 Å². The quantitative estimate of drug-likeness (QED) is 0.492. The minimum absolute atomic E-state index is 0.205. The second-order valence-electron chi connectivity index (χ2n) is 5.11. The van der Waals surface area contributed by atoms with Crippen molar-refractivity contribution >= 4 is 5.88 Å². The van der Waals surface area contributed by atoms with Gasteiger partial charge in [-0.05, 0) is 32.3 Å². The molecule has 0 fully saturated rings. The molecule has 0 aromatic carbocycles. The first-order chi connectivity index (χ1) is 9.60. The van der Waals surface area contributed by atoms with Gasteiger partial charge in [-0.1, -0.05) is 11.6 Å². The lowest BCUT2D eigenvalue weighted by Crippen LogP contribution is -2.35. The predicted molar refractivity (Wildman–Crippen MR) is 74.3 cm³/mol. The molecule has 1 aliphatic heterocycles. The van der Waals surface area contributed by atoms with Crippen LogP contribution in [0.15, 0.2) is 28.2 Å². The van der Waals surface area contributed by atoms with E-state index in [1.165, 1.54) is 11.6 Å². The Kier molecular flexibility index (Phi) is 4.92. The standard InChI is InChI=1S/C14H20N2O4/c1-11-9-12(3-2-8-17)6-7-15(11)10-13-4-5-14(20-13)16(18)19/h4-5,9,11,17H,2-3,6-8,10H2,1H3. The van der Waals surface area contributed by atoms with Crippen molar-refractivity contribution < 1.29 is 14.4 Å². The lowest BCUT2D eigenvalue weighted by Gasteiger charge is -2.31. The fourth-order valence-corrected chi connectivity index (χ4v) is 2.51. The highest BCUT2D eigenvalue weighted by Crippen LogP contribution is 2.23. The molecule has 0 aliphatic carbocycles. The molecule has 1 aliphatic rings. The number of nitro groups is 1. The Hall–Kier alpha value is -1.66. The lowest BCUT2D eigenvalue weighted by molar-refractivity contribution is -0.402. The van der Waals surface area contributed by atoms with Gasteiger partial charge in [0.2, 0.25) is 0 Å². The van der Waals surface area contributed by atoms with E-state index in [0.29, 0.717) is 12.3 Å². The molecule has 20 heavy (non-hydrogen) atoms. The van der Waals surface area contributed by atoms with Crippen molar-refractivity contribution in [2.45, 2.75) is 38.8 Å². The van der Waals surface area contributed by atoms with E-state index in [4.69, 9.17) is 9.52 Å². The first-order valence-electron chi connectivity index (χ1n) is 6.87. The summed E-state index contributed by atoms with van der Waals surface area (Å²) < 4.78 is 5.19. The average molecular weight is 280 g/mol. The number of aliphatic hydroxyl groups is 1. The van der Waals surface area contributed by atoms with Gasteiger partial charge in [0.25, 0.3) is 0 Å². The van der Waals surface area contributed by atoms with Crippen molar-refractivity contribution in [1.29, 1.82) is 0 Å². The monoisotopic (exact) mass is 280 g/mol. The highest BCUT2D eigenvalue weighted by molar-refractivity contribution is 5.18. The molecule has 1 aromatic rings. The first kappa shape index (κ1) is 14.7. The Labute approximate surface area is 117 Å². The maximum atomic E-state index is 10.6. The van der Waals surface area contributed by atoms with E-state index in [1.807, 2.05) is 0 Å². The summed E-state index contributed by atoms with van der Waals surface area (Å²) in [6.07, 6.45) is 4.95. The zero-order chi connectivity index (χ0) is 14.5. The van der Waals surface area contributed by atoms with E-state index >= 15 is 0 Å². The Bertz CT molecular complexity index is 495. The summed E-state index contributed by atoms with van der Waals surface area (Å²) in [7, 11) is 0. The Morgan fingerprint density at radius 1 is 1.55 bits per heavy atom. The summed E-state index contributed by atoms with van der Waals surface area (Å²) in [4.78, 5) is 12.3. The Morgan fingerprint density at radius 3 is 2.95 bits per heavy atom. The van der Waals surface area contributed by atoms with E-state index in [-0.39, 0.29) is 18.5 Å². The number of hydrogen-bond donors (Lipinski definition) is 1. The summed E-state index contributed by atoms with van der Waals surface area (Å²) in [5.41, 5.74) is 1.38. The highest BCUT2D eigenvalue weighted by Gasteiger charge is 2.21. The Morgan fingerprint density at radius 2 is 2.35 bits per heavy atom. The van der Waals surface area contributed by atoms with Crippen molar-refractivity contribution in [3.8, 4) is 0 Å². The molecular weight excluding hydrogens is 260 g/mol. The summed E-state index contributed by atoms with van der Waals surface area (Å²) in [5.74, 6) is 0.416. The Balaban J connectivity index is 1.94. The third-order valence-corrected chi connectivity index (χ3v) is 3.62. The molecule has 1 N–H and O–H groups in total. The van der Waals surface area contributed by atoms with Crippen LogP contribution in [0.1, 0.15) is 31.9 Å². The van der Waals surface area contributed by atoms with Gasteiger partial charge in [-0.3, -0.25) is 15.0 Å². The number of furan rings is 1. The number of hydrogen-bond acceptors (Lipinski definition) is 5. The summed E-state index contributed by atoms with van der Waals surface area (Å²) in [6, 6.07) is 3.34. The minimum Gasteiger partial charge on any atom is -0.404 e. The SMILES string of the molecule is CC1C=C(CCCO)CCN1Cc1ccc([N+](=O)[O-])o1. The summed E-state index contributed by atoms with van der Waals surface area (Å²) in [6.45, 7) is 3.83. The van der Waals surface area contributed by atoms with Crippen molar-refractivity contribution in [1.82, 2.24) is 4.90 Å². The van der Waals surface area contributed by atoms with Gasteiger partial charge in [-0.25, -0.2) is 0 Å². The van der Waals surface area contributed by atoms with Crippen molar-refractivity contribution in [3.05, 3.63) is 39.7 Å². The van der Waals surface area contributed by atoms with Gasteiger partial charge in [-0.15, -0.1) is 0 Å². The minimum atomic E-state index is -0.518. The molecule has 2 rings (SSSR count). The van der Waals surface area contributed by atoms with Gasteiger partial charge in [-0.2, -0.15) is 0 Å². The molecule has 6 heteroatoms. The van der Waals surface area contributed by atoms with Crippen LogP contribution in [-0.2, 0) is 6.54 Å². The van der Waals surface area contributed by atoms with Crippen LogP contribution in [0.5, 0.6) is 0 Å². The van der Waals surface area contributed by atoms with Gasteiger partial charge in [0.15, 0.2) is 0 Å². The third-order valence-electron chi connectivity index (χ3n) is 3.62. The number of aliphatic hydroxyl groups excluding tert-OH is 1. The second kappa shape index (κ2) is 6.67. The van der Waals surface area contributed by atoms with Crippen LogP contribution in [-0.4, -0.2) is 34.1 Å².